The lowest BCUT2D eigenvalue weighted by Gasteiger charge is -2.50. The number of hydrogen-bond donors (Lipinski definition) is 1. The Labute approximate surface area is 185 Å². The highest BCUT2D eigenvalue weighted by Crippen LogP contribution is 2.61. The van der Waals surface area contributed by atoms with E-state index in [1.807, 2.05) is 17.5 Å². The van der Waals surface area contributed by atoms with E-state index in [1.54, 1.807) is 12.4 Å². The largest absolute Gasteiger partial charge is 0.301 e. The molecule has 0 unspecified atom stereocenters. The fourth-order valence-corrected chi connectivity index (χ4v) is 6.12. The molecule has 152 valence electrons. The minimum Gasteiger partial charge on any atom is -0.301 e. The maximum atomic E-state index is 13.7. The molecular formula is C26H21N3OS. The van der Waals surface area contributed by atoms with E-state index in [9.17, 15) is 4.79 Å². The fraction of sp³-hybridized carbons (Fsp3) is 0.192. The van der Waals surface area contributed by atoms with E-state index in [1.165, 1.54) is 33.6 Å². The smallest absolute Gasteiger partial charge is 0.233 e. The molecule has 4 nitrogen and oxygen atoms in total. The average molecular weight is 424 g/mol. The van der Waals surface area contributed by atoms with E-state index in [0.29, 0.717) is 5.13 Å². The van der Waals surface area contributed by atoms with Gasteiger partial charge in [0.25, 0.3) is 0 Å². The molecule has 0 spiro atoms. The minimum absolute atomic E-state index is 0.0404. The number of nitrogens with zero attached hydrogens (tertiary/aromatic N) is 2. The maximum absolute atomic E-state index is 13.7. The maximum Gasteiger partial charge on any atom is 0.233 e. The quantitative estimate of drug-likeness (QED) is 0.451. The summed E-state index contributed by atoms with van der Waals surface area (Å²) in [4.78, 5) is 22.5. The molecule has 1 amide bonds. The number of fused-ring (bicyclic) bond motifs is 1. The SMILES string of the molecule is C[C@]1(C(=O)Nc2nc(-c3cccnc3)cs2)CC2c3ccccc3C1c1ccccc12. The Bertz CT molecular complexity index is 1250. The number of hydrogen-bond acceptors (Lipinski definition) is 4. The summed E-state index contributed by atoms with van der Waals surface area (Å²) in [5, 5.41) is 5.73. The van der Waals surface area contributed by atoms with Gasteiger partial charge in [0.15, 0.2) is 5.13 Å². The molecule has 2 bridgehead atoms. The summed E-state index contributed by atoms with van der Waals surface area (Å²) in [6, 6.07) is 21.1. The van der Waals surface area contributed by atoms with Gasteiger partial charge in [0.1, 0.15) is 0 Å². The van der Waals surface area contributed by atoms with Crippen LogP contribution in [0, 0.1) is 5.41 Å². The number of carbonyl (C=O) groups excluding carboxylic acids is 1. The van der Waals surface area contributed by atoms with Crippen molar-refractivity contribution in [1.29, 1.82) is 0 Å². The Balaban J connectivity index is 1.36. The molecule has 0 saturated carbocycles. The van der Waals surface area contributed by atoms with E-state index in [-0.39, 0.29) is 17.7 Å². The molecule has 5 heteroatoms. The van der Waals surface area contributed by atoms with Gasteiger partial charge in [0.2, 0.25) is 5.91 Å². The highest BCUT2D eigenvalue weighted by Gasteiger charge is 2.53. The van der Waals surface area contributed by atoms with E-state index in [4.69, 9.17) is 0 Å². The van der Waals surface area contributed by atoms with E-state index in [2.05, 4.69) is 70.7 Å². The number of benzene rings is 2. The first-order valence-electron chi connectivity index (χ1n) is 10.5. The molecule has 0 fully saturated rings. The summed E-state index contributed by atoms with van der Waals surface area (Å²) in [6.45, 7) is 2.11. The molecule has 0 saturated heterocycles. The van der Waals surface area contributed by atoms with Gasteiger partial charge >= 0.3 is 0 Å². The number of rotatable bonds is 3. The van der Waals surface area contributed by atoms with Crippen molar-refractivity contribution in [3.8, 4) is 11.3 Å². The second kappa shape index (κ2) is 6.86. The van der Waals surface area contributed by atoms with Crippen LogP contribution in [-0.2, 0) is 4.79 Å². The summed E-state index contributed by atoms with van der Waals surface area (Å²) in [6.07, 6.45) is 4.33. The summed E-state index contributed by atoms with van der Waals surface area (Å²) >= 11 is 1.46. The molecule has 2 aromatic carbocycles. The van der Waals surface area contributed by atoms with Crippen molar-refractivity contribution in [3.05, 3.63) is 101 Å². The van der Waals surface area contributed by atoms with Crippen molar-refractivity contribution < 1.29 is 4.79 Å². The van der Waals surface area contributed by atoms with E-state index in [0.717, 1.165) is 17.7 Å². The van der Waals surface area contributed by atoms with Gasteiger partial charge in [-0.05, 0) is 47.7 Å². The van der Waals surface area contributed by atoms with E-state index >= 15 is 0 Å². The second-order valence-electron chi connectivity index (χ2n) is 8.60. The van der Waals surface area contributed by atoms with Crippen molar-refractivity contribution in [2.45, 2.75) is 25.2 Å². The third-order valence-corrected chi connectivity index (χ3v) is 7.59. The van der Waals surface area contributed by atoms with Crippen molar-refractivity contribution in [2.75, 3.05) is 5.32 Å². The van der Waals surface area contributed by atoms with Crippen LogP contribution in [-0.4, -0.2) is 15.9 Å². The van der Waals surface area contributed by atoms with Gasteiger partial charge in [-0.1, -0.05) is 48.5 Å². The number of nitrogens with one attached hydrogen (secondary N) is 1. The standard InChI is InChI=1S/C26H21N3OS/c1-26(24(30)29-25-28-22(15-31-25)16-7-6-12-27-14-16)13-21-17-8-2-4-10-19(17)23(26)20-11-5-3-9-18(20)21/h2-12,14-15,21,23H,13H2,1H3,(H,28,29,30)/t21?,23?,26-/m0/s1. The van der Waals surface area contributed by atoms with Crippen molar-refractivity contribution in [2.24, 2.45) is 5.41 Å². The third-order valence-electron chi connectivity index (χ3n) is 6.83. The molecule has 0 radical (unpaired) electrons. The normalized spacial score (nSPS) is 23.1. The fourth-order valence-electron chi connectivity index (χ4n) is 5.41. The first-order valence-corrected chi connectivity index (χ1v) is 11.4. The topological polar surface area (TPSA) is 54.9 Å². The number of aromatic nitrogens is 2. The molecule has 3 aliphatic rings. The summed E-state index contributed by atoms with van der Waals surface area (Å²) in [7, 11) is 0. The Hall–Kier alpha value is -3.31. The summed E-state index contributed by atoms with van der Waals surface area (Å²) in [5.41, 5.74) is 6.54. The number of pyridine rings is 1. The van der Waals surface area contributed by atoms with Crippen LogP contribution in [0.5, 0.6) is 0 Å². The van der Waals surface area contributed by atoms with Gasteiger partial charge in [0.05, 0.1) is 11.1 Å². The molecule has 2 aromatic heterocycles. The van der Waals surface area contributed by atoms with Crippen molar-refractivity contribution >= 4 is 22.4 Å². The van der Waals surface area contributed by atoms with Crippen molar-refractivity contribution in [1.82, 2.24) is 9.97 Å². The highest BCUT2D eigenvalue weighted by molar-refractivity contribution is 7.14. The molecule has 1 N–H and O–H groups in total. The first-order chi connectivity index (χ1) is 15.1. The van der Waals surface area contributed by atoms with Gasteiger partial charge in [-0.25, -0.2) is 4.98 Å². The molecule has 2 heterocycles. The lowest BCUT2D eigenvalue weighted by Crippen LogP contribution is -2.47. The third kappa shape index (κ3) is 2.77. The molecule has 7 rings (SSSR count). The van der Waals surface area contributed by atoms with Crippen LogP contribution in [0.4, 0.5) is 5.13 Å². The van der Waals surface area contributed by atoms with Gasteiger partial charge in [0, 0.05) is 35.2 Å². The van der Waals surface area contributed by atoms with Crippen LogP contribution in [0.15, 0.2) is 78.4 Å². The van der Waals surface area contributed by atoms with Crippen LogP contribution in [0.25, 0.3) is 11.3 Å². The monoisotopic (exact) mass is 423 g/mol. The van der Waals surface area contributed by atoms with Crippen molar-refractivity contribution in [3.63, 3.8) is 0 Å². The predicted octanol–water partition coefficient (Wildman–Crippen LogP) is 5.83. The summed E-state index contributed by atoms with van der Waals surface area (Å²) in [5.74, 6) is 0.330. The van der Waals surface area contributed by atoms with Gasteiger partial charge in [-0.15, -0.1) is 11.3 Å². The van der Waals surface area contributed by atoms with Crippen LogP contribution >= 0.6 is 11.3 Å². The molecular weight excluding hydrogens is 402 g/mol. The Kier molecular flexibility index (Phi) is 4.08. The van der Waals surface area contributed by atoms with Gasteiger partial charge < -0.3 is 5.32 Å². The lowest BCUT2D eigenvalue weighted by molar-refractivity contribution is -0.126. The van der Waals surface area contributed by atoms with E-state index < -0.39 is 5.41 Å². The van der Waals surface area contributed by atoms with Gasteiger partial charge in [-0.2, -0.15) is 0 Å². The van der Waals surface area contributed by atoms with Crippen LogP contribution in [0.1, 0.15) is 47.4 Å². The molecule has 3 aliphatic carbocycles. The Morgan fingerprint density at radius 1 is 1.00 bits per heavy atom. The zero-order chi connectivity index (χ0) is 21.0. The number of anilines is 1. The van der Waals surface area contributed by atoms with Gasteiger partial charge in [-0.3, -0.25) is 9.78 Å². The van der Waals surface area contributed by atoms with Crippen LogP contribution in [0.3, 0.4) is 0 Å². The average Bonchev–Trinajstić information content (AvgIpc) is 3.28. The molecule has 1 atom stereocenters. The Morgan fingerprint density at radius 3 is 2.32 bits per heavy atom. The Morgan fingerprint density at radius 2 is 1.68 bits per heavy atom. The van der Waals surface area contributed by atoms with Crippen LogP contribution in [0.2, 0.25) is 0 Å². The number of amides is 1. The zero-order valence-corrected chi connectivity index (χ0v) is 17.9. The number of thiazole rings is 1. The first kappa shape index (κ1) is 18.5. The highest BCUT2D eigenvalue weighted by atomic mass is 32.1. The second-order valence-corrected chi connectivity index (χ2v) is 9.46. The number of carbonyl (C=O) groups is 1. The van der Waals surface area contributed by atoms with Crippen LogP contribution < -0.4 is 5.32 Å². The molecule has 31 heavy (non-hydrogen) atoms. The zero-order valence-electron chi connectivity index (χ0n) is 17.1. The molecule has 4 aromatic rings. The lowest BCUT2D eigenvalue weighted by atomic mass is 9.52. The summed E-state index contributed by atoms with van der Waals surface area (Å²) < 4.78 is 0. The minimum atomic E-state index is -0.534. The predicted molar refractivity (Wildman–Crippen MR) is 123 cm³/mol. The molecule has 0 aliphatic heterocycles.